The Balaban J connectivity index is 2.29. The van der Waals surface area contributed by atoms with E-state index in [4.69, 9.17) is 9.47 Å². The van der Waals surface area contributed by atoms with Crippen molar-refractivity contribution >= 4 is 12.0 Å². The van der Waals surface area contributed by atoms with Crippen LogP contribution in [0.4, 0.5) is 4.79 Å². The van der Waals surface area contributed by atoms with Crippen LogP contribution in [0.5, 0.6) is 5.75 Å². The first kappa shape index (κ1) is 19.1. The molecule has 0 spiro atoms. The monoisotopic (exact) mass is 350 g/mol. The zero-order chi connectivity index (χ0) is 18.7. The fraction of sp³-hybridized carbons (Fsp3) is 0.556. The fourth-order valence-corrected chi connectivity index (χ4v) is 2.99. The van der Waals surface area contributed by atoms with Gasteiger partial charge in [-0.25, -0.2) is 4.79 Å². The molecule has 7 nitrogen and oxygen atoms in total. The molecule has 2 amide bonds. The van der Waals surface area contributed by atoms with Gasteiger partial charge in [0.1, 0.15) is 11.8 Å². The summed E-state index contributed by atoms with van der Waals surface area (Å²) in [5.74, 6) is 0.534. The van der Waals surface area contributed by atoms with Crippen LogP contribution in [0.3, 0.4) is 0 Å². The van der Waals surface area contributed by atoms with E-state index in [-0.39, 0.29) is 25.0 Å². The predicted octanol–water partition coefficient (Wildman–Crippen LogP) is 1.55. The summed E-state index contributed by atoms with van der Waals surface area (Å²) in [7, 11) is 3.21. The average Bonchev–Trinajstić information content (AvgIpc) is 2.51. The van der Waals surface area contributed by atoms with E-state index in [0.717, 1.165) is 21.8 Å². The SMILES string of the molecule is COc1ccc(CC2C(=O)N(C)CC(O)N2C(=O)OC(C)C)cc1C. The maximum Gasteiger partial charge on any atom is 0.412 e. The van der Waals surface area contributed by atoms with Crippen molar-refractivity contribution < 1.29 is 24.2 Å². The topological polar surface area (TPSA) is 79.3 Å². The van der Waals surface area contributed by atoms with Crippen LogP contribution in [-0.4, -0.2) is 66.0 Å². The molecule has 1 aromatic carbocycles. The molecule has 1 heterocycles. The fourth-order valence-electron chi connectivity index (χ4n) is 2.99. The molecule has 2 rings (SSSR count). The molecule has 1 N–H and O–H groups in total. The third-order valence-corrected chi connectivity index (χ3v) is 4.19. The molecular formula is C18H26N2O5. The van der Waals surface area contributed by atoms with Crippen LogP contribution in [0.2, 0.25) is 0 Å². The van der Waals surface area contributed by atoms with Gasteiger partial charge in [-0.2, -0.15) is 0 Å². The van der Waals surface area contributed by atoms with Crippen LogP contribution in [0.15, 0.2) is 18.2 Å². The number of nitrogens with zero attached hydrogens (tertiary/aromatic N) is 2. The predicted molar refractivity (Wildman–Crippen MR) is 92.3 cm³/mol. The van der Waals surface area contributed by atoms with E-state index in [9.17, 15) is 14.7 Å². The second-order valence-corrected chi connectivity index (χ2v) is 6.56. The lowest BCUT2D eigenvalue weighted by Crippen LogP contribution is -2.63. The molecule has 7 heteroatoms. The Morgan fingerprint density at radius 1 is 1.40 bits per heavy atom. The highest BCUT2D eigenvalue weighted by Gasteiger charge is 2.42. The molecule has 0 saturated carbocycles. The van der Waals surface area contributed by atoms with Gasteiger partial charge in [-0.15, -0.1) is 0 Å². The molecule has 0 aliphatic carbocycles. The molecule has 0 radical (unpaired) electrons. The van der Waals surface area contributed by atoms with Crippen molar-refractivity contribution in [2.75, 3.05) is 20.7 Å². The second kappa shape index (κ2) is 7.74. The van der Waals surface area contributed by atoms with Crippen molar-refractivity contribution in [3.05, 3.63) is 29.3 Å². The van der Waals surface area contributed by atoms with Crippen LogP contribution >= 0.6 is 0 Å². The molecule has 138 valence electrons. The van der Waals surface area contributed by atoms with Crippen molar-refractivity contribution in [1.82, 2.24) is 9.80 Å². The van der Waals surface area contributed by atoms with Crippen molar-refractivity contribution in [3.8, 4) is 5.75 Å². The number of β-amino-alcohol motifs (C(OH)–C–C–N with tert-alkyl or cyclic N) is 1. The third kappa shape index (κ3) is 4.22. The Morgan fingerprint density at radius 3 is 2.64 bits per heavy atom. The summed E-state index contributed by atoms with van der Waals surface area (Å²) < 4.78 is 10.5. The van der Waals surface area contributed by atoms with Gasteiger partial charge in [0.25, 0.3) is 0 Å². The quantitative estimate of drug-likeness (QED) is 0.891. The number of piperazine rings is 1. The molecular weight excluding hydrogens is 324 g/mol. The Labute approximate surface area is 148 Å². The van der Waals surface area contributed by atoms with Gasteiger partial charge < -0.3 is 19.5 Å². The molecule has 1 saturated heterocycles. The van der Waals surface area contributed by atoms with E-state index in [0.29, 0.717) is 0 Å². The molecule has 0 bridgehead atoms. The van der Waals surface area contributed by atoms with Crippen molar-refractivity contribution in [1.29, 1.82) is 0 Å². The summed E-state index contributed by atoms with van der Waals surface area (Å²) in [6.07, 6.45) is -1.83. The molecule has 1 aliphatic heterocycles. The summed E-state index contributed by atoms with van der Waals surface area (Å²) in [5.41, 5.74) is 1.81. The third-order valence-electron chi connectivity index (χ3n) is 4.19. The minimum Gasteiger partial charge on any atom is -0.496 e. The first-order valence-corrected chi connectivity index (χ1v) is 8.30. The zero-order valence-electron chi connectivity index (χ0n) is 15.4. The number of rotatable bonds is 4. The number of amides is 2. The molecule has 0 aromatic heterocycles. The number of likely N-dealkylation sites (N-methyl/N-ethyl adjacent to an activating group) is 1. The van der Waals surface area contributed by atoms with Gasteiger partial charge >= 0.3 is 6.09 Å². The number of aryl methyl sites for hydroxylation is 1. The minimum atomic E-state index is -1.10. The maximum absolute atomic E-state index is 12.6. The summed E-state index contributed by atoms with van der Waals surface area (Å²) in [5, 5.41) is 10.3. The highest BCUT2D eigenvalue weighted by atomic mass is 16.6. The number of carbonyl (C=O) groups is 2. The van der Waals surface area contributed by atoms with E-state index in [1.807, 2.05) is 25.1 Å². The van der Waals surface area contributed by atoms with Crippen LogP contribution < -0.4 is 4.74 Å². The van der Waals surface area contributed by atoms with Crippen LogP contribution in [0.1, 0.15) is 25.0 Å². The largest absolute Gasteiger partial charge is 0.496 e. The molecule has 2 unspecified atom stereocenters. The molecule has 1 fully saturated rings. The zero-order valence-corrected chi connectivity index (χ0v) is 15.4. The van der Waals surface area contributed by atoms with E-state index in [1.54, 1.807) is 28.0 Å². The second-order valence-electron chi connectivity index (χ2n) is 6.56. The minimum absolute atomic E-state index is 0.0597. The van der Waals surface area contributed by atoms with E-state index >= 15 is 0 Å². The number of benzene rings is 1. The number of aliphatic hydroxyl groups is 1. The Morgan fingerprint density at radius 2 is 2.08 bits per heavy atom. The van der Waals surface area contributed by atoms with Gasteiger partial charge in [-0.1, -0.05) is 12.1 Å². The number of methoxy groups -OCH3 is 1. The first-order chi connectivity index (χ1) is 11.7. The lowest BCUT2D eigenvalue weighted by molar-refractivity contribution is -0.152. The first-order valence-electron chi connectivity index (χ1n) is 8.30. The summed E-state index contributed by atoms with van der Waals surface area (Å²) >= 11 is 0. The van der Waals surface area contributed by atoms with Crippen LogP contribution in [-0.2, 0) is 16.0 Å². The Hall–Kier alpha value is -2.28. The van der Waals surface area contributed by atoms with Gasteiger partial charge in [-0.3, -0.25) is 9.69 Å². The Bertz CT molecular complexity index is 646. The smallest absolute Gasteiger partial charge is 0.412 e. The van der Waals surface area contributed by atoms with Gasteiger partial charge in [0.2, 0.25) is 5.91 Å². The molecule has 25 heavy (non-hydrogen) atoms. The van der Waals surface area contributed by atoms with Gasteiger partial charge in [-0.05, 0) is 38.0 Å². The van der Waals surface area contributed by atoms with Crippen LogP contribution in [0, 0.1) is 6.92 Å². The number of hydrogen-bond acceptors (Lipinski definition) is 5. The summed E-state index contributed by atoms with van der Waals surface area (Å²) in [6, 6.07) is 4.79. The standard InChI is InChI=1S/C18H26N2O5/c1-11(2)25-18(23)20-14(17(22)19(4)10-16(20)21)9-13-6-7-15(24-5)12(3)8-13/h6-8,11,14,16,21H,9-10H2,1-5H3. The molecule has 1 aliphatic rings. The highest BCUT2D eigenvalue weighted by molar-refractivity contribution is 5.87. The average molecular weight is 350 g/mol. The van der Waals surface area contributed by atoms with Gasteiger partial charge in [0.05, 0.1) is 19.8 Å². The van der Waals surface area contributed by atoms with Crippen LogP contribution in [0.25, 0.3) is 0 Å². The molecule has 1 aromatic rings. The lowest BCUT2D eigenvalue weighted by Gasteiger charge is -2.42. The number of ether oxygens (including phenoxy) is 2. The number of carbonyl (C=O) groups excluding carboxylic acids is 2. The summed E-state index contributed by atoms with van der Waals surface area (Å²) in [6.45, 7) is 5.43. The Kier molecular flexibility index (Phi) is 5.89. The van der Waals surface area contributed by atoms with Crippen molar-refractivity contribution in [3.63, 3.8) is 0 Å². The highest BCUT2D eigenvalue weighted by Crippen LogP contribution is 2.24. The normalized spacial score (nSPS) is 20.8. The van der Waals surface area contributed by atoms with E-state index in [1.165, 1.54) is 4.90 Å². The van der Waals surface area contributed by atoms with Crippen molar-refractivity contribution in [2.24, 2.45) is 0 Å². The van der Waals surface area contributed by atoms with E-state index < -0.39 is 18.4 Å². The number of aliphatic hydroxyl groups excluding tert-OH is 1. The maximum atomic E-state index is 12.6. The van der Waals surface area contributed by atoms with Crippen molar-refractivity contribution in [2.45, 2.75) is 45.6 Å². The van der Waals surface area contributed by atoms with Gasteiger partial charge in [0.15, 0.2) is 6.23 Å². The molecule has 2 atom stereocenters. The number of hydrogen-bond donors (Lipinski definition) is 1. The summed E-state index contributed by atoms with van der Waals surface area (Å²) in [4.78, 5) is 27.6. The van der Waals surface area contributed by atoms with Gasteiger partial charge in [0, 0.05) is 13.5 Å². The lowest BCUT2D eigenvalue weighted by atomic mass is 9.99. The van der Waals surface area contributed by atoms with E-state index in [2.05, 4.69) is 0 Å².